The molecule has 19 heavy (non-hydrogen) atoms. The highest BCUT2D eigenvalue weighted by molar-refractivity contribution is 5.35. The summed E-state index contributed by atoms with van der Waals surface area (Å²) < 4.78 is 5.63. The Bertz CT molecular complexity index is 408. The van der Waals surface area contributed by atoms with Crippen molar-refractivity contribution < 1.29 is 4.74 Å². The zero-order valence-electron chi connectivity index (χ0n) is 12.0. The predicted octanol–water partition coefficient (Wildman–Crippen LogP) is 1.97. The highest BCUT2D eigenvalue weighted by atomic mass is 16.5. The zero-order valence-corrected chi connectivity index (χ0v) is 12.0. The lowest BCUT2D eigenvalue weighted by molar-refractivity contribution is 0.232. The Kier molecular flexibility index (Phi) is 4.58. The molecule has 1 aromatic heterocycles. The second-order valence-corrected chi connectivity index (χ2v) is 5.48. The maximum Gasteiger partial charge on any atom is 0.228 e. The fourth-order valence-corrected chi connectivity index (χ4v) is 2.53. The summed E-state index contributed by atoms with van der Waals surface area (Å²) in [4.78, 5) is 11.1. The third kappa shape index (κ3) is 3.56. The van der Waals surface area contributed by atoms with Gasteiger partial charge in [0.2, 0.25) is 11.8 Å². The molecule has 1 saturated heterocycles. The minimum absolute atomic E-state index is 0.119. The minimum Gasteiger partial charge on any atom is -0.475 e. The van der Waals surface area contributed by atoms with Crippen LogP contribution >= 0.6 is 0 Å². The smallest absolute Gasteiger partial charge is 0.228 e. The maximum atomic E-state index is 6.09. The molecule has 0 aromatic carbocycles. The molecule has 2 atom stereocenters. The number of aromatic nitrogens is 2. The van der Waals surface area contributed by atoms with E-state index in [4.69, 9.17) is 10.5 Å². The second-order valence-electron chi connectivity index (χ2n) is 5.48. The van der Waals surface area contributed by atoms with Crippen LogP contribution in [0.1, 0.15) is 40.0 Å². The lowest BCUT2D eigenvalue weighted by Crippen LogP contribution is -2.50. The van der Waals surface area contributed by atoms with Crippen LogP contribution in [0, 0.1) is 0 Å². The molecule has 0 saturated carbocycles. The van der Waals surface area contributed by atoms with Crippen molar-refractivity contribution in [2.24, 2.45) is 5.73 Å². The van der Waals surface area contributed by atoms with E-state index in [1.54, 1.807) is 12.3 Å². The van der Waals surface area contributed by atoms with Crippen LogP contribution in [0.25, 0.3) is 0 Å². The van der Waals surface area contributed by atoms with Crippen molar-refractivity contribution in [1.29, 1.82) is 0 Å². The van der Waals surface area contributed by atoms with Gasteiger partial charge < -0.3 is 15.4 Å². The number of ether oxygens (including phenoxy) is 1. The Labute approximate surface area is 115 Å². The van der Waals surface area contributed by atoms with Crippen LogP contribution in [0.2, 0.25) is 0 Å². The first-order valence-electron chi connectivity index (χ1n) is 7.10. The average molecular weight is 264 g/mol. The summed E-state index contributed by atoms with van der Waals surface area (Å²) in [7, 11) is 0. The van der Waals surface area contributed by atoms with E-state index in [-0.39, 0.29) is 12.1 Å². The van der Waals surface area contributed by atoms with Gasteiger partial charge in [0.05, 0.1) is 6.10 Å². The molecule has 1 aliphatic rings. The van der Waals surface area contributed by atoms with Gasteiger partial charge in [0, 0.05) is 30.9 Å². The van der Waals surface area contributed by atoms with Crippen LogP contribution in [-0.2, 0) is 0 Å². The summed E-state index contributed by atoms with van der Waals surface area (Å²) in [5, 5.41) is 0. The molecular weight excluding hydrogens is 240 g/mol. The van der Waals surface area contributed by atoms with Crippen molar-refractivity contribution in [3.8, 4) is 5.88 Å². The van der Waals surface area contributed by atoms with Gasteiger partial charge in [0.1, 0.15) is 0 Å². The van der Waals surface area contributed by atoms with E-state index in [1.807, 2.05) is 13.8 Å². The molecular formula is C14H24N4O. The highest BCUT2D eigenvalue weighted by Crippen LogP contribution is 2.24. The van der Waals surface area contributed by atoms with Gasteiger partial charge in [-0.1, -0.05) is 0 Å². The molecule has 0 aliphatic carbocycles. The van der Waals surface area contributed by atoms with Gasteiger partial charge in [-0.2, -0.15) is 4.98 Å². The number of rotatable bonds is 4. The Balaban J connectivity index is 2.19. The fourth-order valence-electron chi connectivity index (χ4n) is 2.53. The zero-order chi connectivity index (χ0) is 13.8. The van der Waals surface area contributed by atoms with Crippen LogP contribution in [0.3, 0.4) is 0 Å². The standard InChI is InChI=1S/C14H24N4O/c1-10(2)19-13-7-8-16-14(17-13)18-9-5-4-6-12(18)11(3)15/h7-8,10-12H,4-6,9,15H2,1-3H3. The SMILES string of the molecule is CC(C)Oc1ccnc(N2CCCCC2C(C)N)n1. The maximum absolute atomic E-state index is 6.09. The number of nitrogens with two attached hydrogens (primary N) is 1. The third-order valence-corrected chi connectivity index (χ3v) is 3.39. The van der Waals surface area contributed by atoms with Gasteiger partial charge in [-0.3, -0.25) is 0 Å². The van der Waals surface area contributed by atoms with Gasteiger partial charge in [0.15, 0.2) is 0 Å². The molecule has 0 radical (unpaired) electrons. The van der Waals surface area contributed by atoms with Gasteiger partial charge in [-0.25, -0.2) is 4.98 Å². The van der Waals surface area contributed by atoms with Crippen LogP contribution in [-0.4, -0.2) is 34.7 Å². The van der Waals surface area contributed by atoms with E-state index in [1.165, 1.54) is 12.8 Å². The molecule has 2 unspecified atom stereocenters. The van der Waals surface area contributed by atoms with Crippen molar-refractivity contribution in [2.75, 3.05) is 11.4 Å². The van der Waals surface area contributed by atoms with E-state index in [0.29, 0.717) is 11.9 Å². The Morgan fingerprint density at radius 2 is 2.16 bits per heavy atom. The van der Waals surface area contributed by atoms with Crippen molar-refractivity contribution >= 4 is 5.95 Å². The van der Waals surface area contributed by atoms with Crippen molar-refractivity contribution in [2.45, 2.75) is 58.2 Å². The van der Waals surface area contributed by atoms with E-state index >= 15 is 0 Å². The molecule has 0 amide bonds. The van der Waals surface area contributed by atoms with Crippen LogP contribution < -0.4 is 15.4 Å². The fraction of sp³-hybridized carbons (Fsp3) is 0.714. The molecule has 1 fully saturated rings. The van der Waals surface area contributed by atoms with Crippen molar-refractivity contribution in [3.05, 3.63) is 12.3 Å². The number of hydrogen-bond donors (Lipinski definition) is 1. The molecule has 0 spiro atoms. The molecule has 2 rings (SSSR count). The first-order valence-corrected chi connectivity index (χ1v) is 7.10. The van der Waals surface area contributed by atoms with Crippen LogP contribution in [0.5, 0.6) is 5.88 Å². The summed E-state index contributed by atoms with van der Waals surface area (Å²) in [6.07, 6.45) is 5.38. The van der Waals surface area contributed by atoms with Gasteiger partial charge in [-0.05, 0) is 40.0 Å². The van der Waals surface area contributed by atoms with E-state index in [9.17, 15) is 0 Å². The van der Waals surface area contributed by atoms with Gasteiger partial charge in [0.25, 0.3) is 0 Å². The molecule has 106 valence electrons. The number of anilines is 1. The quantitative estimate of drug-likeness (QED) is 0.900. The highest BCUT2D eigenvalue weighted by Gasteiger charge is 2.27. The molecule has 5 nitrogen and oxygen atoms in total. The van der Waals surface area contributed by atoms with Crippen molar-refractivity contribution in [1.82, 2.24) is 9.97 Å². The Hall–Kier alpha value is -1.36. The lowest BCUT2D eigenvalue weighted by Gasteiger charge is -2.38. The van der Waals surface area contributed by atoms with E-state index in [0.717, 1.165) is 18.9 Å². The monoisotopic (exact) mass is 264 g/mol. The summed E-state index contributed by atoms with van der Waals surface area (Å²) in [5.74, 6) is 1.37. The number of nitrogens with zero attached hydrogens (tertiary/aromatic N) is 3. The van der Waals surface area contributed by atoms with Gasteiger partial charge >= 0.3 is 0 Å². The largest absolute Gasteiger partial charge is 0.475 e. The Morgan fingerprint density at radius 3 is 2.84 bits per heavy atom. The average Bonchev–Trinajstić information content (AvgIpc) is 2.38. The normalized spacial score (nSPS) is 21.5. The molecule has 1 aromatic rings. The summed E-state index contributed by atoms with van der Waals surface area (Å²) in [6.45, 7) is 7.01. The molecule has 2 N–H and O–H groups in total. The number of hydrogen-bond acceptors (Lipinski definition) is 5. The summed E-state index contributed by atoms with van der Waals surface area (Å²) in [5.41, 5.74) is 6.09. The molecule has 5 heteroatoms. The molecule has 2 heterocycles. The second kappa shape index (κ2) is 6.19. The predicted molar refractivity (Wildman–Crippen MR) is 76.4 cm³/mol. The minimum atomic E-state index is 0.119. The molecule has 0 bridgehead atoms. The van der Waals surface area contributed by atoms with Crippen LogP contribution in [0.15, 0.2) is 12.3 Å². The number of piperidine rings is 1. The Morgan fingerprint density at radius 1 is 1.37 bits per heavy atom. The topological polar surface area (TPSA) is 64.3 Å². The van der Waals surface area contributed by atoms with Crippen molar-refractivity contribution in [3.63, 3.8) is 0 Å². The first kappa shape index (κ1) is 14.1. The summed E-state index contributed by atoms with van der Waals surface area (Å²) in [6, 6.07) is 2.25. The van der Waals surface area contributed by atoms with Crippen LogP contribution in [0.4, 0.5) is 5.95 Å². The lowest BCUT2D eigenvalue weighted by atomic mass is 9.97. The summed E-state index contributed by atoms with van der Waals surface area (Å²) >= 11 is 0. The first-order chi connectivity index (χ1) is 9.08. The third-order valence-electron chi connectivity index (χ3n) is 3.39. The van der Waals surface area contributed by atoms with Gasteiger partial charge in [-0.15, -0.1) is 0 Å². The van der Waals surface area contributed by atoms with E-state index < -0.39 is 0 Å². The molecule has 1 aliphatic heterocycles. The van der Waals surface area contributed by atoms with E-state index in [2.05, 4.69) is 21.8 Å².